The predicted octanol–water partition coefficient (Wildman–Crippen LogP) is 3.87. The predicted molar refractivity (Wildman–Crippen MR) is 97.7 cm³/mol. The number of furan rings is 1. The zero-order valence-electron chi connectivity index (χ0n) is 14.5. The number of carbonyl (C=O) groups is 1. The number of para-hydroxylation sites is 1. The van der Waals surface area contributed by atoms with Crippen molar-refractivity contribution in [1.29, 1.82) is 0 Å². The summed E-state index contributed by atoms with van der Waals surface area (Å²) in [4.78, 5) is 29.8. The van der Waals surface area contributed by atoms with Crippen molar-refractivity contribution in [3.63, 3.8) is 0 Å². The van der Waals surface area contributed by atoms with Crippen molar-refractivity contribution in [3.05, 3.63) is 69.9 Å². The van der Waals surface area contributed by atoms with E-state index in [9.17, 15) is 9.59 Å². The molecule has 1 N–H and O–H groups in total. The first-order valence-corrected chi connectivity index (χ1v) is 8.54. The van der Waals surface area contributed by atoms with Crippen molar-refractivity contribution in [1.82, 2.24) is 9.88 Å². The largest absolute Gasteiger partial charge is 0.459 e. The molecule has 3 rings (SSSR count). The first kappa shape index (κ1) is 17.0. The number of aromatic amines is 1. The van der Waals surface area contributed by atoms with E-state index in [0.717, 1.165) is 29.3 Å². The molecule has 2 heterocycles. The molecule has 25 heavy (non-hydrogen) atoms. The first-order chi connectivity index (χ1) is 12.1. The number of nitrogens with zero attached hydrogens (tertiary/aromatic N) is 1. The number of aromatic nitrogens is 1. The standard InChI is InChI=1S/C20H22N2O3/c1-3-4-10-22(20(24)17-9-6-11-25-17)13-16-12-15-8-5-7-14(2)18(15)21-19(16)23/h5-9,11-12H,3-4,10,13H2,1-2H3,(H,21,23). The number of unbranched alkanes of at least 4 members (excludes halogenated alkanes) is 1. The Morgan fingerprint density at radius 2 is 2.08 bits per heavy atom. The molecule has 0 aliphatic rings. The number of carbonyl (C=O) groups excluding carboxylic acids is 1. The van der Waals surface area contributed by atoms with Gasteiger partial charge < -0.3 is 14.3 Å². The lowest BCUT2D eigenvalue weighted by atomic mass is 10.1. The van der Waals surface area contributed by atoms with Crippen molar-refractivity contribution in [3.8, 4) is 0 Å². The fraction of sp³-hybridized carbons (Fsp3) is 0.300. The fourth-order valence-corrected chi connectivity index (χ4v) is 2.91. The van der Waals surface area contributed by atoms with Gasteiger partial charge in [-0.1, -0.05) is 31.5 Å². The van der Waals surface area contributed by atoms with Crippen molar-refractivity contribution >= 4 is 16.8 Å². The SMILES string of the molecule is CCCCN(Cc1cc2cccc(C)c2[nH]c1=O)C(=O)c1ccco1. The highest BCUT2D eigenvalue weighted by Gasteiger charge is 2.19. The second kappa shape index (κ2) is 7.38. The second-order valence-corrected chi connectivity index (χ2v) is 6.22. The molecule has 2 aromatic heterocycles. The third-order valence-corrected chi connectivity index (χ3v) is 4.33. The number of nitrogens with one attached hydrogen (secondary N) is 1. The van der Waals surface area contributed by atoms with Crippen LogP contribution in [0.4, 0.5) is 0 Å². The van der Waals surface area contributed by atoms with Gasteiger partial charge in [-0.15, -0.1) is 0 Å². The van der Waals surface area contributed by atoms with Crippen LogP contribution in [0.15, 0.2) is 51.9 Å². The van der Waals surface area contributed by atoms with E-state index in [4.69, 9.17) is 4.42 Å². The number of H-pyrrole nitrogens is 1. The second-order valence-electron chi connectivity index (χ2n) is 6.22. The van der Waals surface area contributed by atoms with Gasteiger partial charge in [0, 0.05) is 12.1 Å². The number of hydrogen-bond acceptors (Lipinski definition) is 3. The Morgan fingerprint density at radius 3 is 2.80 bits per heavy atom. The van der Waals surface area contributed by atoms with Crippen LogP contribution in [-0.4, -0.2) is 22.3 Å². The lowest BCUT2D eigenvalue weighted by Gasteiger charge is -2.21. The van der Waals surface area contributed by atoms with Gasteiger partial charge in [-0.2, -0.15) is 0 Å². The minimum absolute atomic E-state index is 0.157. The number of benzene rings is 1. The molecule has 0 atom stereocenters. The van der Waals surface area contributed by atoms with Gasteiger partial charge in [-0.3, -0.25) is 9.59 Å². The number of fused-ring (bicyclic) bond motifs is 1. The van der Waals surface area contributed by atoms with Crippen LogP contribution in [0, 0.1) is 6.92 Å². The Bertz CT molecular complexity index is 926. The summed E-state index contributed by atoms with van der Waals surface area (Å²) >= 11 is 0. The quantitative estimate of drug-likeness (QED) is 0.742. The molecule has 0 aliphatic heterocycles. The number of hydrogen-bond donors (Lipinski definition) is 1. The van der Waals surface area contributed by atoms with Crippen molar-refractivity contribution in [2.24, 2.45) is 0 Å². The molecule has 1 amide bonds. The van der Waals surface area contributed by atoms with E-state index in [1.807, 2.05) is 31.2 Å². The number of amides is 1. The molecule has 0 aliphatic carbocycles. The fourth-order valence-electron chi connectivity index (χ4n) is 2.91. The molecule has 3 aromatic rings. The van der Waals surface area contributed by atoms with Gasteiger partial charge in [0.05, 0.1) is 18.3 Å². The maximum atomic E-state index is 12.7. The highest BCUT2D eigenvalue weighted by atomic mass is 16.3. The van der Waals surface area contributed by atoms with Crippen molar-refractivity contribution in [2.75, 3.05) is 6.54 Å². The molecule has 5 heteroatoms. The smallest absolute Gasteiger partial charge is 0.289 e. The Morgan fingerprint density at radius 1 is 1.24 bits per heavy atom. The summed E-state index contributed by atoms with van der Waals surface area (Å²) in [7, 11) is 0. The Kier molecular flexibility index (Phi) is 5.03. The lowest BCUT2D eigenvalue weighted by Crippen LogP contribution is -2.33. The van der Waals surface area contributed by atoms with Crippen LogP contribution in [-0.2, 0) is 6.54 Å². The molecule has 0 fully saturated rings. The Labute approximate surface area is 146 Å². The average molecular weight is 338 g/mol. The van der Waals surface area contributed by atoms with Crippen molar-refractivity contribution in [2.45, 2.75) is 33.2 Å². The molecular formula is C20H22N2O3. The molecule has 1 aromatic carbocycles. The summed E-state index contributed by atoms with van der Waals surface area (Å²) in [6, 6.07) is 11.1. The summed E-state index contributed by atoms with van der Waals surface area (Å²) < 4.78 is 5.23. The normalized spacial score (nSPS) is 11.0. The van der Waals surface area contributed by atoms with Gasteiger partial charge in [0.25, 0.3) is 11.5 Å². The van der Waals surface area contributed by atoms with Crippen LogP contribution in [0.1, 0.15) is 41.4 Å². The molecule has 0 unspecified atom stereocenters. The molecule has 5 nitrogen and oxygen atoms in total. The van der Waals surface area contributed by atoms with Crippen LogP contribution < -0.4 is 5.56 Å². The van der Waals surface area contributed by atoms with Gasteiger partial charge in [0.2, 0.25) is 0 Å². The van der Waals surface area contributed by atoms with E-state index in [2.05, 4.69) is 11.9 Å². The number of rotatable bonds is 6. The van der Waals surface area contributed by atoms with Gasteiger partial charge in [-0.25, -0.2) is 0 Å². The van der Waals surface area contributed by atoms with E-state index < -0.39 is 0 Å². The van der Waals surface area contributed by atoms with Crippen LogP contribution in [0.2, 0.25) is 0 Å². The van der Waals surface area contributed by atoms with E-state index in [1.165, 1.54) is 6.26 Å². The van der Waals surface area contributed by atoms with E-state index >= 15 is 0 Å². The van der Waals surface area contributed by atoms with Gasteiger partial charge >= 0.3 is 0 Å². The van der Waals surface area contributed by atoms with E-state index in [-0.39, 0.29) is 18.0 Å². The summed E-state index contributed by atoms with van der Waals surface area (Å²) in [6.07, 6.45) is 3.32. The zero-order valence-corrected chi connectivity index (χ0v) is 14.5. The van der Waals surface area contributed by atoms with Gasteiger partial charge in [0.15, 0.2) is 5.76 Å². The van der Waals surface area contributed by atoms with Crippen LogP contribution in [0.3, 0.4) is 0 Å². The first-order valence-electron chi connectivity index (χ1n) is 8.54. The van der Waals surface area contributed by atoms with Crippen LogP contribution in [0.25, 0.3) is 10.9 Å². The molecule has 0 saturated carbocycles. The number of pyridine rings is 1. The molecular weight excluding hydrogens is 316 g/mol. The van der Waals surface area contributed by atoms with E-state index in [0.29, 0.717) is 17.9 Å². The molecule has 0 spiro atoms. The minimum Gasteiger partial charge on any atom is -0.459 e. The highest BCUT2D eigenvalue weighted by Crippen LogP contribution is 2.17. The summed E-state index contributed by atoms with van der Waals surface area (Å²) in [5.41, 5.74) is 2.29. The summed E-state index contributed by atoms with van der Waals surface area (Å²) in [6.45, 7) is 4.88. The lowest BCUT2D eigenvalue weighted by molar-refractivity contribution is 0.0708. The third kappa shape index (κ3) is 3.65. The molecule has 0 radical (unpaired) electrons. The molecule has 0 bridgehead atoms. The maximum absolute atomic E-state index is 12.7. The van der Waals surface area contributed by atoms with Gasteiger partial charge in [-0.05, 0) is 42.5 Å². The molecule has 0 saturated heterocycles. The van der Waals surface area contributed by atoms with Crippen LogP contribution in [0.5, 0.6) is 0 Å². The summed E-state index contributed by atoms with van der Waals surface area (Å²) in [5, 5.41) is 0.968. The van der Waals surface area contributed by atoms with Crippen molar-refractivity contribution < 1.29 is 9.21 Å². The van der Waals surface area contributed by atoms with E-state index in [1.54, 1.807) is 17.0 Å². The highest BCUT2D eigenvalue weighted by molar-refractivity contribution is 5.91. The average Bonchev–Trinajstić information content (AvgIpc) is 3.14. The number of aryl methyl sites for hydroxylation is 1. The topological polar surface area (TPSA) is 66.3 Å². The monoisotopic (exact) mass is 338 g/mol. The Balaban J connectivity index is 1.93. The maximum Gasteiger partial charge on any atom is 0.289 e. The zero-order chi connectivity index (χ0) is 17.8. The third-order valence-electron chi connectivity index (χ3n) is 4.33. The summed E-state index contributed by atoms with van der Waals surface area (Å²) in [5.74, 6) is 0.103. The minimum atomic E-state index is -0.192. The molecule has 130 valence electrons. The Hall–Kier alpha value is -2.82. The van der Waals surface area contributed by atoms with Crippen LogP contribution >= 0.6 is 0 Å². The van der Waals surface area contributed by atoms with Gasteiger partial charge in [0.1, 0.15) is 0 Å².